The number of fused-ring (bicyclic) bond motifs is 1. The van der Waals surface area contributed by atoms with Crippen molar-refractivity contribution >= 4 is 22.4 Å². The fraction of sp³-hybridized carbons (Fsp3) is 0.136. The SMILES string of the molecule is Cc1cc(-n2ccc3c(NC(=O)c4ccc(C)c(C)c4)cccc3c2=O)no1. The predicted octanol–water partition coefficient (Wildman–Crippen LogP) is 4.16. The lowest BCUT2D eigenvalue weighted by Gasteiger charge is -2.11. The molecule has 140 valence electrons. The number of hydrogen-bond donors (Lipinski definition) is 1. The van der Waals surface area contributed by atoms with E-state index in [9.17, 15) is 9.59 Å². The first-order chi connectivity index (χ1) is 13.4. The van der Waals surface area contributed by atoms with Crippen molar-refractivity contribution in [1.29, 1.82) is 0 Å². The molecule has 6 nitrogen and oxygen atoms in total. The van der Waals surface area contributed by atoms with Gasteiger partial charge in [0.2, 0.25) is 0 Å². The maximum atomic E-state index is 12.9. The lowest BCUT2D eigenvalue weighted by Crippen LogP contribution is -2.19. The number of hydrogen-bond acceptors (Lipinski definition) is 4. The zero-order valence-electron chi connectivity index (χ0n) is 15.8. The van der Waals surface area contributed by atoms with Crippen LogP contribution in [-0.2, 0) is 0 Å². The van der Waals surface area contributed by atoms with Crippen molar-refractivity contribution in [2.75, 3.05) is 5.32 Å². The van der Waals surface area contributed by atoms with Crippen LogP contribution in [0.25, 0.3) is 16.6 Å². The van der Waals surface area contributed by atoms with Crippen LogP contribution in [0.4, 0.5) is 5.69 Å². The Morgan fingerprint density at radius 3 is 2.54 bits per heavy atom. The van der Waals surface area contributed by atoms with Crippen LogP contribution in [-0.4, -0.2) is 15.6 Å². The van der Waals surface area contributed by atoms with Gasteiger partial charge in [-0.1, -0.05) is 17.3 Å². The number of anilines is 1. The van der Waals surface area contributed by atoms with Crippen LogP contribution >= 0.6 is 0 Å². The largest absolute Gasteiger partial charge is 0.360 e. The zero-order valence-corrected chi connectivity index (χ0v) is 15.8. The van der Waals surface area contributed by atoms with Gasteiger partial charge in [-0.3, -0.25) is 14.2 Å². The van der Waals surface area contributed by atoms with Crippen molar-refractivity contribution in [2.45, 2.75) is 20.8 Å². The second-order valence-electron chi connectivity index (χ2n) is 6.81. The summed E-state index contributed by atoms with van der Waals surface area (Å²) < 4.78 is 6.49. The minimum Gasteiger partial charge on any atom is -0.360 e. The molecular weight excluding hydrogens is 354 g/mol. The van der Waals surface area contributed by atoms with Gasteiger partial charge in [0.1, 0.15) is 5.76 Å². The molecule has 4 aromatic rings. The molecule has 0 saturated carbocycles. The molecule has 0 spiro atoms. The van der Waals surface area contributed by atoms with E-state index >= 15 is 0 Å². The van der Waals surface area contributed by atoms with E-state index in [-0.39, 0.29) is 11.5 Å². The molecule has 0 aliphatic heterocycles. The lowest BCUT2D eigenvalue weighted by molar-refractivity contribution is 0.102. The first-order valence-electron chi connectivity index (χ1n) is 8.91. The average Bonchev–Trinajstić information content (AvgIpc) is 3.11. The van der Waals surface area contributed by atoms with Crippen molar-refractivity contribution < 1.29 is 9.32 Å². The highest BCUT2D eigenvalue weighted by Crippen LogP contribution is 2.22. The smallest absolute Gasteiger partial charge is 0.264 e. The number of nitrogens with zero attached hydrogens (tertiary/aromatic N) is 2. The van der Waals surface area contributed by atoms with Crippen LogP contribution in [0.5, 0.6) is 0 Å². The molecule has 0 bridgehead atoms. The highest BCUT2D eigenvalue weighted by atomic mass is 16.5. The van der Waals surface area contributed by atoms with Crippen molar-refractivity contribution in [3.05, 3.63) is 87.5 Å². The Labute approximate surface area is 161 Å². The summed E-state index contributed by atoms with van der Waals surface area (Å²) in [5.41, 5.74) is 3.11. The van der Waals surface area contributed by atoms with Crippen molar-refractivity contribution in [3.8, 4) is 5.82 Å². The van der Waals surface area contributed by atoms with Gasteiger partial charge in [-0.2, -0.15) is 0 Å². The molecule has 4 rings (SSSR count). The number of pyridine rings is 1. The second-order valence-corrected chi connectivity index (χ2v) is 6.81. The molecule has 1 N–H and O–H groups in total. The van der Waals surface area contributed by atoms with E-state index in [1.807, 2.05) is 26.0 Å². The molecule has 0 unspecified atom stereocenters. The number of amides is 1. The van der Waals surface area contributed by atoms with Crippen LogP contribution in [0.2, 0.25) is 0 Å². The second kappa shape index (κ2) is 6.81. The molecule has 2 heterocycles. The summed E-state index contributed by atoms with van der Waals surface area (Å²) in [7, 11) is 0. The van der Waals surface area contributed by atoms with E-state index in [2.05, 4.69) is 10.5 Å². The molecule has 2 aromatic heterocycles. The third kappa shape index (κ3) is 3.09. The lowest BCUT2D eigenvalue weighted by atomic mass is 10.1. The molecule has 0 radical (unpaired) electrons. The number of rotatable bonds is 3. The van der Waals surface area contributed by atoms with Crippen molar-refractivity contribution in [3.63, 3.8) is 0 Å². The van der Waals surface area contributed by atoms with Crippen molar-refractivity contribution in [1.82, 2.24) is 9.72 Å². The summed E-state index contributed by atoms with van der Waals surface area (Å²) in [5, 5.41) is 7.97. The normalized spacial score (nSPS) is 11.0. The van der Waals surface area contributed by atoms with E-state index in [0.29, 0.717) is 33.6 Å². The summed E-state index contributed by atoms with van der Waals surface area (Å²) >= 11 is 0. The van der Waals surface area contributed by atoms with Gasteiger partial charge in [-0.05, 0) is 62.2 Å². The number of carbonyl (C=O) groups is 1. The maximum Gasteiger partial charge on any atom is 0.264 e. The molecule has 0 aliphatic carbocycles. The minimum absolute atomic E-state index is 0.216. The Morgan fingerprint density at radius 1 is 1.00 bits per heavy atom. The van der Waals surface area contributed by atoms with E-state index in [0.717, 1.165) is 11.1 Å². The van der Waals surface area contributed by atoms with E-state index in [1.165, 1.54) is 4.57 Å². The van der Waals surface area contributed by atoms with Gasteiger partial charge in [-0.15, -0.1) is 0 Å². The topological polar surface area (TPSA) is 77.1 Å². The number of benzene rings is 2. The molecule has 6 heteroatoms. The van der Waals surface area contributed by atoms with Gasteiger partial charge < -0.3 is 9.84 Å². The third-order valence-corrected chi connectivity index (χ3v) is 4.83. The predicted molar refractivity (Wildman–Crippen MR) is 108 cm³/mol. The molecule has 1 amide bonds. The summed E-state index contributed by atoms with van der Waals surface area (Å²) in [6.07, 6.45) is 1.63. The van der Waals surface area contributed by atoms with Crippen LogP contribution < -0.4 is 10.9 Å². The summed E-state index contributed by atoms with van der Waals surface area (Å²) in [5.74, 6) is 0.831. The van der Waals surface area contributed by atoms with Crippen LogP contribution in [0.1, 0.15) is 27.2 Å². The summed E-state index contributed by atoms with van der Waals surface area (Å²) in [4.78, 5) is 25.6. The molecule has 28 heavy (non-hydrogen) atoms. The van der Waals surface area contributed by atoms with Crippen molar-refractivity contribution in [2.24, 2.45) is 0 Å². The number of aromatic nitrogens is 2. The Bertz CT molecular complexity index is 1270. The molecule has 0 aliphatic rings. The molecule has 2 aromatic carbocycles. The van der Waals surface area contributed by atoms with Gasteiger partial charge in [0.25, 0.3) is 11.5 Å². The fourth-order valence-electron chi connectivity index (χ4n) is 3.11. The van der Waals surface area contributed by atoms with E-state index in [1.54, 1.807) is 49.5 Å². The third-order valence-electron chi connectivity index (χ3n) is 4.83. The minimum atomic E-state index is -0.229. The van der Waals surface area contributed by atoms with Gasteiger partial charge in [0.15, 0.2) is 5.82 Å². The molecular formula is C22H19N3O3. The first kappa shape index (κ1) is 17.7. The van der Waals surface area contributed by atoms with Gasteiger partial charge in [0, 0.05) is 34.3 Å². The number of nitrogens with one attached hydrogen (secondary N) is 1. The molecule has 0 saturated heterocycles. The van der Waals surface area contributed by atoms with Gasteiger partial charge in [0.05, 0.1) is 0 Å². The number of aryl methyl sites for hydroxylation is 3. The average molecular weight is 373 g/mol. The van der Waals surface area contributed by atoms with E-state index < -0.39 is 0 Å². The Hall–Kier alpha value is -3.67. The van der Waals surface area contributed by atoms with Crippen LogP contribution in [0, 0.1) is 20.8 Å². The van der Waals surface area contributed by atoms with Crippen LogP contribution in [0.3, 0.4) is 0 Å². The van der Waals surface area contributed by atoms with Crippen LogP contribution in [0.15, 0.2) is 64.0 Å². The monoisotopic (exact) mass is 373 g/mol. The zero-order chi connectivity index (χ0) is 19.8. The Kier molecular flexibility index (Phi) is 4.31. The fourth-order valence-corrected chi connectivity index (χ4v) is 3.11. The quantitative estimate of drug-likeness (QED) is 0.585. The Morgan fingerprint density at radius 2 is 1.82 bits per heavy atom. The molecule has 0 atom stereocenters. The van der Waals surface area contributed by atoms with E-state index in [4.69, 9.17) is 4.52 Å². The standard InChI is InChI=1S/C22H19N3O3/c1-13-7-8-16(11-14(13)2)21(26)23-19-6-4-5-18-17(19)9-10-25(22(18)27)20-12-15(3)28-24-20/h4-12H,1-3H3,(H,23,26). The van der Waals surface area contributed by atoms with Gasteiger partial charge >= 0.3 is 0 Å². The van der Waals surface area contributed by atoms with Gasteiger partial charge in [-0.25, -0.2) is 0 Å². The summed E-state index contributed by atoms with van der Waals surface area (Å²) in [6, 6.07) is 14.3. The maximum absolute atomic E-state index is 12.9. The highest BCUT2D eigenvalue weighted by Gasteiger charge is 2.13. The molecule has 0 fully saturated rings. The first-order valence-corrected chi connectivity index (χ1v) is 8.91. The number of carbonyl (C=O) groups excluding carboxylic acids is 1. The summed E-state index contributed by atoms with van der Waals surface area (Å²) in [6.45, 7) is 5.74. The highest BCUT2D eigenvalue weighted by molar-refractivity contribution is 6.09. The Balaban J connectivity index is 1.74.